The lowest BCUT2D eigenvalue weighted by Gasteiger charge is -2.40. The number of anilines is 2. The molecule has 1 aliphatic rings. The Bertz CT molecular complexity index is 909. The van der Waals surface area contributed by atoms with Crippen LogP contribution in [0.2, 0.25) is 5.02 Å². The van der Waals surface area contributed by atoms with Crippen LogP contribution in [0, 0.1) is 5.41 Å². The van der Waals surface area contributed by atoms with Crippen molar-refractivity contribution in [3.8, 4) is 0 Å². The number of hydrogen-bond acceptors (Lipinski definition) is 7. The van der Waals surface area contributed by atoms with Crippen molar-refractivity contribution in [2.45, 2.75) is 56.1 Å². The minimum Gasteiger partial charge on any atom is -0.444 e. The smallest absolute Gasteiger partial charge is 0.407 e. The first kappa shape index (κ1) is 23.5. The summed E-state index contributed by atoms with van der Waals surface area (Å²) in [7, 11) is 0. The molecule has 0 atom stereocenters. The first-order chi connectivity index (χ1) is 14.5. The first-order valence-corrected chi connectivity index (χ1v) is 11.5. The number of carbonyl (C=O) groups excluding carboxylic acids is 1. The minimum atomic E-state index is -0.489. The number of hydrogen-bond donors (Lipinski definition) is 2. The summed E-state index contributed by atoms with van der Waals surface area (Å²) in [5.74, 6) is 0.856. The summed E-state index contributed by atoms with van der Waals surface area (Å²) >= 11 is 7.70. The average Bonchev–Trinajstić information content (AvgIpc) is 2.69. The Balaban J connectivity index is 1.52. The molecular formula is C22H30ClN5O2S. The van der Waals surface area contributed by atoms with Crippen molar-refractivity contribution < 1.29 is 9.53 Å². The van der Waals surface area contributed by atoms with Gasteiger partial charge in [0.15, 0.2) is 0 Å². The standard InChI is InChI=1S/C22H30ClN5O2S/c1-21(2,3)30-20(29)27-14-22(4)7-9-28(10-8-22)18-12-26-19(13-25-18)31-17-6-5-15(24)11-16(17)23/h5-6,11-13H,7-10,14,24H2,1-4H3,(H,27,29). The Labute approximate surface area is 193 Å². The third kappa shape index (κ3) is 6.90. The number of nitrogens with two attached hydrogens (primary N) is 1. The van der Waals surface area contributed by atoms with E-state index in [4.69, 9.17) is 22.1 Å². The molecule has 168 valence electrons. The lowest BCUT2D eigenvalue weighted by Crippen LogP contribution is -2.45. The summed E-state index contributed by atoms with van der Waals surface area (Å²) < 4.78 is 5.34. The number of amides is 1. The van der Waals surface area contributed by atoms with E-state index in [0.717, 1.165) is 41.7 Å². The molecule has 0 spiro atoms. The molecule has 1 aliphatic heterocycles. The lowest BCUT2D eigenvalue weighted by atomic mass is 9.80. The highest BCUT2D eigenvalue weighted by Gasteiger charge is 2.31. The number of alkyl carbamates (subject to hydrolysis) is 1. The molecule has 1 aromatic carbocycles. The third-order valence-corrected chi connectivity index (χ3v) is 6.56. The maximum absolute atomic E-state index is 12.0. The fourth-order valence-corrected chi connectivity index (χ4v) is 4.32. The molecule has 3 N–H and O–H groups in total. The molecule has 2 aromatic rings. The fraction of sp³-hybridized carbons (Fsp3) is 0.500. The van der Waals surface area contributed by atoms with Gasteiger partial charge in [-0.25, -0.2) is 14.8 Å². The van der Waals surface area contributed by atoms with Gasteiger partial charge < -0.3 is 20.7 Å². The zero-order chi connectivity index (χ0) is 22.6. The van der Waals surface area contributed by atoms with Gasteiger partial charge in [-0.1, -0.05) is 30.3 Å². The summed E-state index contributed by atoms with van der Waals surface area (Å²) in [5.41, 5.74) is 5.92. The van der Waals surface area contributed by atoms with Crippen molar-refractivity contribution in [2.24, 2.45) is 5.41 Å². The molecule has 31 heavy (non-hydrogen) atoms. The van der Waals surface area contributed by atoms with Crippen LogP contribution in [0.4, 0.5) is 16.3 Å². The van der Waals surface area contributed by atoms with E-state index in [1.807, 2.05) is 32.9 Å². The first-order valence-electron chi connectivity index (χ1n) is 10.3. The van der Waals surface area contributed by atoms with Gasteiger partial charge >= 0.3 is 6.09 Å². The number of nitrogen functional groups attached to an aromatic ring is 1. The summed E-state index contributed by atoms with van der Waals surface area (Å²) in [6.07, 6.45) is 5.10. The lowest BCUT2D eigenvalue weighted by molar-refractivity contribution is 0.0495. The van der Waals surface area contributed by atoms with E-state index in [1.54, 1.807) is 18.5 Å². The van der Waals surface area contributed by atoms with Crippen LogP contribution in [-0.4, -0.2) is 41.3 Å². The van der Waals surface area contributed by atoms with Crippen molar-refractivity contribution in [3.63, 3.8) is 0 Å². The SMILES string of the molecule is CC1(CNC(=O)OC(C)(C)C)CCN(c2cnc(Sc3ccc(N)cc3Cl)cn2)CC1. The Morgan fingerprint density at radius 1 is 1.29 bits per heavy atom. The highest BCUT2D eigenvalue weighted by Crippen LogP contribution is 2.34. The van der Waals surface area contributed by atoms with Crippen LogP contribution in [0.5, 0.6) is 0 Å². The second-order valence-corrected chi connectivity index (χ2v) is 10.6. The van der Waals surface area contributed by atoms with E-state index < -0.39 is 5.60 Å². The zero-order valence-corrected chi connectivity index (χ0v) is 20.0. The monoisotopic (exact) mass is 463 g/mol. The molecule has 1 aromatic heterocycles. The number of carbonyl (C=O) groups is 1. The van der Waals surface area contributed by atoms with E-state index in [1.165, 1.54) is 11.8 Å². The van der Waals surface area contributed by atoms with Crippen molar-refractivity contribution >= 4 is 41.0 Å². The quantitative estimate of drug-likeness (QED) is 0.603. The number of benzene rings is 1. The Hall–Kier alpha value is -2.19. The normalized spacial score (nSPS) is 16.1. The minimum absolute atomic E-state index is 0.0303. The molecule has 9 heteroatoms. The van der Waals surface area contributed by atoms with Crippen LogP contribution in [0.15, 0.2) is 40.5 Å². The maximum Gasteiger partial charge on any atom is 0.407 e. The molecule has 2 heterocycles. The molecular weight excluding hydrogens is 434 g/mol. The van der Waals surface area contributed by atoms with Gasteiger partial charge in [0.2, 0.25) is 0 Å². The van der Waals surface area contributed by atoms with Gasteiger partial charge in [0.05, 0.1) is 17.4 Å². The van der Waals surface area contributed by atoms with Crippen LogP contribution in [0.1, 0.15) is 40.5 Å². The fourth-order valence-electron chi connectivity index (χ4n) is 3.29. The number of piperidine rings is 1. The van der Waals surface area contributed by atoms with Gasteiger partial charge in [-0.2, -0.15) is 0 Å². The molecule has 1 amide bonds. The molecule has 0 aliphatic carbocycles. The Morgan fingerprint density at radius 3 is 2.58 bits per heavy atom. The van der Waals surface area contributed by atoms with Gasteiger partial charge in [0.25, 0.3) is 0 Å². The largest absolute Gasteiger partial charge is 0.444 e. The molecule has 7 nitrogen and oxygen atoms in total. The second kappa shape index (κ2) is 9.53. The molecule has 0 saturated carbocycles. The van der Waals surface area contributed by atoms with Crippen molar-refractivity contribution in [1.82, 2.24) is 15.3 Å². The van der Waals surface area contributed by atoms with Crippen LogP contribution in [0.25, 0.3) is 0 Å². The van der Waals surface area contributed by atoms with E-state index in [9.17, 15) is 4.79 Å². The number of ether oxygens (including phenoxy) is 1. The summed E-state index contributed by atoms with van der Waals surface area (Å²) in [5, 5.41) is 4.29. The van der Waals surface area contributed by atoms with Crippen LogP contribution < -0.4 is 16.0 Å². The predicted molar refractivity (Wildman–Crippen MR) is 126 cm³/mol. The van der Waals surface area contributed by atoms with Gasteiger partial charge in [-0.15, -0.1) is 0 Å². The van der Waals surface area contributed by atoms with Crippen molar-refractivity contribution in [3.05, 3.63) is 35.6 Å². The molecule has 1 saturated heterocycles. The second-order valence-electron chi connectivity index (χ2n) is 9.16. The predicted octanol–water partition coefficient (Wildman–Crippen LogP) is 4.99. The molecule has 3 rings (SSSR count). The Kier molecular flexibility index (Phi) is 7.21. The van der Waals surface area contributed by atoms with E-state index in [0.29, 0.717) is 17.3 Å². The number of nitrogens with one attached hydrogen (secondary N) is 1. The average molecular weight is 464 g/mol. The van der Waals surface area contributed by atoms with Gasteiger partial charge in [0.1, 0.15) is 16.4 Å². The zero-order valence-electron chi connectivity index (χ0n) is 18.4. The highest BCUT2D eigenvalue weighted by molar-refractivity contribution is 7.99. The van der Waals surface area contributed by atoms with Gasteiger partial charge in [0, 0.05) is 30.2 Å². The van der Waals surface area contributed by atoms with E-state index in [2.05, 4.69) is 27.1 Å². The molecule has 0 radical (unpaired) electrons. The summed E-state index contributed by atoms with van der Waals surface area (Å²) in [4.78, 5) is 24.2. The Morgan fingerprint density at radius 2 is 2.00 bits per heavy atom. The summed E-state index contributed by atoms with van der Waals surface area (Å²) in [6, 6.07) is 5.43. The number of aromatic nitrogens is 2. The molecule has 1 fully saturated rings. The number of halogens is 1. The van der Waals surface area contributed by atoms with Crippen molar-refractivity contribution in [2.75, 3.05) is 30.3 Å². The highest BCUT2D eigenvalue weighted by atomic mass is 35.5. The van der Waals surface area contributed by atoms with Crippen LogP contribution in [0.3, 0.4) is 0 Å². The van der Waals surface area contributed by atoms with E-state index in [-0.39, 0.29) is 11.5 Å². The van der Waals surface area contributed by atoms with Gasteiger partial charge in [-0.05, 0) is 57.2 Å². The topological polar surface area (TPSA) is 93.4 Å². The van der Waals surface area contributed by atoms with Crippen LogP contribution >= 0.6 is 23.4 Å². The van der Waals surface area contributed by atoms with Crippen molar-refractivity contribution in [1.29, 1.82) is 0 Å². The van der Waals surface area contributed by atoms with Crippen LogP contribution in [-0.2, 0) is 4.74 Å². The van der Waals surface area contributed by atoms with E-state index >= 15 is 0 Å². The maximum atomic E-state index is 12.0. The summed E-state index contributed by atoms with van der Waals surface area (Å²) in [6.45, 7) is 10.1. The number of nitrogens with zero attached hydrogens (tertiary/aromatic N) is 3. The van der Waals surface area contributed by atoms with Gasteiger partial charge in [-0.3, -0.25) is 0 Å². The third-order valence-electron chi connectivity index (χ3n) is 5.14. The molecule has 0 bridgehead atoms. The molecule has 0 unspecified atom stereocenters. The number of rotatable bonds is 5.